The first-order chi connectivity index (χ1) is 14.8. The van der Waals surface area contributed by atoms with Crippen LogP contribution in [0.15, 0.2) is 40.9 Å². The van der Waals surface area contributed by atoms with Crippen LogP contribution in [0, 0.1) is 0 Å². The van der Waals surface area contributed by atoms with Crippen molar-refractivity contribution < 1.29 is 18.0 Å². The van der Waals surface area contributed by atoms with Gasteiger partial charge in [-0.2, -0.15) is 18.3 Å². The van der Waals surface area contributed by atoms with E-state index in [4.69, 9.17) is 0 Å². The van der Waals surface area contributed by atoms with Crippen molar-refractivity contribution in [2.24, 2.45) is 0 Å². The highest BCUT2D eigenvalue weighted by Crippen LogP contribution is 2.34. The number of alkyl halides is 3. The average Bonchev–Trinajstić information content (AvgIpc) is 3.09. The molecule has 2 aromatic heterocycles. The zero-order valence-electron chi connectivity index (χ0n) is 17.2. The standard InChI is InChI=1S/C21H23BrF3N5O/c1-3-29(4-2)12-8-11-26-20(31)18-17(22)19-27-15(14-9-6-5-7-10-14)13-16(21(23,24)25)30(19)28-18/h5-7,9-10,13H,3-4,8,11-12H2,1-2H3,(H,26,31). The second kappa shape index (κ2) is 9.78. The summed E-state index contributed by atoms with van der Waals surface area (Å²) < 4.78 is 42.0. The van der Waals surface area contributed by atoms with Gasteiger partial charge in [-0.15, -0.1) is 0 Å². The van der Waals surface area contributed by atoms with Crippen molar-refractivity contribution >= 4 is 27.5 Å². The molecule has 166 valence electrons. The zero-order chi connectivity index (χ0) is 22.6. The van der Waals surface area contributed by atoms with Crippen LogP contribution in [0.1, 0.15) is 36.5 Å². The lowest BCUT2D eigenvalue weighted by atomic mass is 10.1. The van der Waals surface area contributed by atoms with Crippen LogP contribution in [0.25, 0.3) is 16.9 Å². The van der Waals surface area contributed by atoms with Crippen LogP contribution in [0.4, 0.5) is 13.2 Å². The molecular weight excluding hydrogens is 475 g/mol. The van der Waals surface area contributed by atoms with Gasteiger partial charge in [0.15, 0.2) is 17.0 Å². The fourth-order valence-electron chi connectivity index (χ4n) is 3.22. The molecule has 0 aliphatic heterocycles. The molecule has 0 fully saturated rings. The molecule has 1 N–H and O–H groups in total. The van der Waals surface area contributed by atoms with Crippen LogP contribution in [-0.4, -0.2) is 51.6 Å². The Balaban J connectivity index is 1.92. The van der Waals surface area contributed by atoms with Gasteiger partial charge in [-0.25, -0.2) is 9.50 Å². The molecule has 6 nitrogen and oxygen atoms in total. The molecule has 0 radical (unpaired) electrons. The molecule has 31 heavy (non-hydrogen) atoms. The Morgan fingerprint density at radius 1 is 1.19 bits per heavy atom. The normalized spacial score (nSPS) is 12.0. The lowest BCUT2D eigenvalue weighted by Gasteiger charge is -2.17. The van der Waals surface area contributed by atoms with Crippen molar-refractivity contribution in [2.75, 3.05) is 26.2 Å². The summed E-state index contributed by atoms with van der Waals surface area (Å²) in [5, 5.41) is 6.65. The number of carbonyl (C=O) groups excluding carboxylic acids is 1. The van der Waals surface area contributed by atoms with Gasteiger partial charge in [-0.3, -0.25) is 4.79 Å². The van der Waals surface area contributed by atoms with E-state index in [0.717, 1.165) is 32.1 Å². The van der Waals surface area contributed by atoms with E-state index >= 15 is 0 Å². The number of hydrogen-bond donors (Lipinski definition) is 1. The van der Waals surface area contributed by atoms with E-state index in [9.17, 15) is 18.0 Å². The highest BCUT2D eigenvalue weighted by atomic mass is 79.9. The third kappa shape index (κ3) is 5.24. The SMILES string of the molecule is CCN(CC)CCCNC(=O)c1nn2c(C(F)(F)F)cc(-c3ccccc3)nc2c1Br. The zero-order valence-corrected chi connectivity index (χ0v) is 18.8. The van der Waals surface area contributed by atoms with E-state index in [1.165, 1.54) is 0 Å². The Hall–Kier alpha value is -2.46. The van der Waals surface area contributed by atoms with Gasteiger partial charge in [-0.05, 0) is 48.1 Å². The van der Waals surface area contributed by atoms with Crippen molar-refractivity contribution in [1.82, 2.24) is 24.8 Å². The number of nitrogens with one attached hydrogen (secondary N) is 1. The Bertz CT molecular complexity index is 1050. The number of fused-ring (bicyclic) bond motifs is 1. The van der Waals surface area contributed by atoms with Crippen molar-refractivity contribution in [2.45, 2.75) is 26.4 Å². The Kier molecular flexibility index (Phi) is 7.32. The number of halogens is 4. The minimum atomic E-state index is -4.67. The highest BCUT2D eigenvalue weighted by molar-refractivity contribution is 9.10. The molecule has 0 saturated carbocycles. The largest absolute Gasteiger partial charge is 0.433 e. The molecule has 2 heterocycles. The second-order valence-corrected chi connectivity index (χ2v) is 7.72. The van der Waals surface area contributed by atoms with Gasteiger partial charge < -0.3 is 10.2 Å². The fraction of sp³-hybridized carbons (Fsp3) is 0.381. The highest BCUT2D eigenvalue weighted by Gasteiger charge is 2.36. The molecule has 3 rings (SSSR count). The van der Waals surface area contributed by atoms with E-state index < -0.39 is 17.8 Å². The summed E-state index contributed by atoms with van der Waals surface area (Å²) in [7, 11) is 0. The van der Waals surface area contributed by atoms with Crippen molar-refractivity contribution in [3.8, 4) is 11.3 Å². The van der Waals surface area contributed by atoms with Gasteiger partial charge >= 0.3 is 6.18 Å². The number of hydrogen-bond acceptors (Lipinski definition) is 4. The van der Waals surface area contributed by atoms with E-state index in [-0.39, 0.29) is 21.5 Å². The molecule has 0 unspecified atom stereocenters. The molecule has 0 saturated heterocycles. The smallest absolute Gasteiger partial charge is 0.351 e. The Morgan fingerprint density at radius 3 is 2.48 bits per heavy atom. The van der Waals surface area contributed by atoms with E-state index in [1.54, 1.807) is 30.3 Å². The first-order valence-corrected chi connectivity index (χ1v) is 10.8. The third-order valence-corrected chi connectivity index (χ3v) is 5.67. The number of rotatable bonds is 8. The molecule has 0 aliphatic rings. The minimum absolute atomic E-state index is 0.0676. The molecule has 1 amide bonds. The van der Waals surface area contributed by atoms with E-state index in [0.29, 0.717) is 16.6 Å². The topological polar surface area (TPSA) is 62.5 Å². The lowest BCUT2D eigenvalue weighted by molar-refractivity contribution is -0.142. The third-order valence-electron chi connectivity index (χ3n) is 4.94. The van der Waals surface area contributed by atoms with Crippen LogP contribution in [-0.2, 0) is 6.18 Å². The molecule has 10 heteroatoms. The summed E-state index contributed by atoms with van der Waals surface area (Å²) >= 11 is 3.23. The minimum Gasteiger partial charge on any atom is -0.351 e. The predicted molar refractivity (Wildman–Crippen MR) is 116 cm³/mol. The molecule has 3 aromatic rings. The number of benzene rings is 1. The monoisotopic (exact) mass is 497 g/mol. The summed E-state index contributed by atoms with van der Waals surface area (Å²) in [5.41, 5.74) is -0.524. The quantitative estimate of drug-likeness (QED) is 0.460. The summed E-state index contributed by atoms with van der Waals surface area (Å²) in [6.45, 7) is 7.16. The van der Waals surface area contributed by atoms with E-state index in [2.05, 4.69) is 50.1 Å². The average molecular weight is 498 g/mol. The van der Waals surface area contributed by atoms with Crippen molar-refractivity contribution in [3.63, 3.8) is 0 Å². The number of carbonyl (C=O) groups is 1. The van der Waals surface area contributed by atoms with Crippen molar-refractivity contribution in [1.29, 1.82) is 0 Å². The molecule has 0 bridgehead atoms. The van der Waals surface area contributed by atoms with Gasteiger partial charge in [0.05, 0.1) is 10.2 Å². The van der Waals surface area contributed by atoms with Crippen molar-refractivity contribution in [3.05, 3.63) is 52.3 Å². The van der Waals surface area contributed by atoms with Crippen LogP contribution in [0.5, 0.6) is 0 Å². The first-order valence-electron chi connectivity index (χ1n) is 9.98. The van der Waals surface area contributed by atoms with Gasteiger partial charge in [0.2, 0.25) is 0 Å². The number of aromatic nitrogens is 3. The van der Waals surface area contributed by atoms with Crippen LogP contribution < -0.4 is 5.32 Å². The fourth-order valence-corrected chi connectivity index (χ4v) is 3.74. The first kappa shape index (κ1) is 23.2. The summed E-state index contributed by atoms with van der Waals surface area (Å²) in [6.07, 6.45) is -3.95. The van der Waals surface area contributed by atoms with Crippen LogP contribution in [0.3, 0.4) is 0 Å². The number of nitrogens with zero attached hydrogens (tertiary/aromatic N) is 4. The maximum atomic E-state index is 13.7. The summed E-state index contributed by atoms with van der Waals surface area (Å²) in [6, 6.07) is 9.49. The maximum absolute atomic E-state index is 13.7. The second-order valence-electron chi connectivity index (χ2n) is 6.92. The predicted octanol–water partition coefficient (Wildman–Crippen LogP) is 4.64. The summed E-state index contributed by atoms with van der Waals surface area (Å²) in [4.78, 5) is 19.1. The molecule has 0 spiro atoms. The van der Waals surface area contributed by atoms with Crippen LogP contribution in [0.2, 0.25) is 0 Å². The molecule has 0 aliphatic carbocycles. The van der Waals surface area contributed by atoms with E-state index in [1.807, 2.05) is 0 Å². The van der Waals surface area contributed by atoms with Gasteiger partial charge in [0.25, 0.3) is 5.91 Å². The Labute approximate surface area is 186 Å². The van der Waals surface area contributed by atoms with Crippen LogP contribution >= 0.6 is 15.9 Å². The van der Waals surface area contributed by atoms with Gasteiger partial charge in [0.1, 0.15) is 0 Å². The Morgan fingerprint density at radius 2 is 1.87 bits per heavy atom. The lowest BCUT2D eigenvalue weighted by Crippen LogP contribution is -2.30. The molecule has 1 aromatic carbocycles. The van der Waals surface area contributed by atoms with Gasteiger partial charge in [0, 0.05) is 12.1 Å². The summed E-state index contributed by atoms with van der Waals surface area (Å²) in [5.74, 6) is -0.550. The van der Waals surface area contributed by atoms with Gasteiger partial charge in [-0.1, -0.05) is 44.2 Å². The molecule has 0 atom stereocenters. The maximum Gasteiger partial charge on any atom is 0.433 e. The molecular formula is C21H23BrF3N5O. The number of amides is 1.